The number of carbonyl (C=O) groups is 1. The van der Waals surface area contributed by atoms with Crippen molar-refractivity contribution in [3.05, 3.63) is 41.3 Å². The van der Waals surface area contributed by atoms with Gasteiger partial charge in [0.05, 0.1) is 0 Å². The summed E-state index contributed by atoms with van der Waals surface area (Å²) in [5.74, 6) is -0.449. The molecule has 1 aromatic carbocycles. The second-order valence-electron chi connectivity index (χ2n) is 4.28. The van der Waals surface area contributed by atoms with E-state index >= 15 is 0 Å². The maximum atomic E-state index is 12.2. The number of Topliss-reactive ketones (excluding diaryl/α,β-unsaturated/α-hetero) is 1. The number of carbonyl (C=O) groups excluding carboxylic acids is 1. The normalized spacial score (nSPS) is 12.5. The fourth-order valence-electron chi connectivity index (χ4n) is 2.00. The molecule has 0 N–H and O–H groups in total. The number of rotatable bonds is 5. The van der Waals surface area contributed by atoms with Crippen LogP contribution in [0.15, 0.2) is 12.1 Å². The Kier molecular flexibility index (Phi) is 5.30. The summed E-state index contributed by atoms with van der Waals surface area (Å²) < 4.78 is 5.40. The maximum Gasteiger partial charge on any atom is 0.195 e. The lowest BCUT2D eigenvalue weighted by Crippen LogP contribution is -2.20. The van der Waals surface area contributed by atoms with E-state index in [1.165, 1.54) is 5.56 Å². The number of hydrogen-bond acceptors (Lipinski definition) is 2. The zero-order chi connectivity index (χ0) is 13.0. The molecule has 17 heavy (non-hydrogen) atoms. The molecule has 1 aromatic rings. The third kappa shape index (κ3) is 3.62. The first kappa shape index (κ1) is 14.3. The van der Waals surface area contributed by atoms with Gasteiger partial charge in [0.15, 0.2) is 5.78 Å². The number of aryl methyl sites for hydroxylation is 3. The van der Waals surface area contributed by atoms with Crippen LogP contribution in [0.1, 0.15) is 33.5 Å². The second kappa shape index (κ2) is 6.28. The van der Waals surface area contributed by atoms with E-state index in [9.17, 15) is 4.79 Å². The Hall–Kier alpha value is -0.720. The van der Waals surface area contributed by atoms with Gasteiger partial charge in [0.25, 0.3) is 0 Å². The quantitative estimate of drug-likeness (QED) is 0.593. The van der Waals surface area contributed by atoms with Gasteiger partial charge in [0.2, 0.25) is 0 Å². The zero-order valence-electron chi connectivity index (χ0n) is 10.7. The Bertz CT molecular complexity index is 390. The van der Waals surface area contributed by atoms with Gasteiger partial charge in [-0.1, -0.05) is 33.9 Å². The molecule has 0 heterocycles. The predicted octanol–water partition coefficient (Wildman–Crippen LogP) is 3.24. The Labute approximate surface area is 106 Å². The highest BCUT2D eigenvalue weighted by Crippen LogP contribution is 2.21. The van der Waals surface area contributed by atoms with Crippen LogP contribution in [0.3, 0.4) is 0 Å². The minimum atomic E-state index is -0.475. The van der Waals surface area contributed by atoms with Gasteiger partial charge in [0, 0.05) is 12.2 Å². The molecule has 0 aromatic heterocycles. The summed E-state index contributed by atoms with van der Waals surface area (Å²) in [6.45, 7) is 10.2. The first-order valence-electron chi connectivity index (χ1n) is 5.76. The van der Waals surface area contributed by atoms with Crippen molar-refractivity contribution in [2.45, 2.75) is 33.0 Å². The molecule has 0 amide bonds. The van der Waals surface area contributed by atoms with Gasteiger partial charge < -0.3 is 4.74 Å². The van der Waals surface area contributed by atoms with E-state index in [1.54, 1.807) is 0 Å². The van der Waals surface area contributed by atoms with Crippen LogP contribution in [-0.2, 0) is 4.74 Å². The Balaban J connectivity index is 2.96. The van der Waals surface area contributed by atoms with Crippen molar-refractivity contribution < 1.29 is 9.53 Å². The minimum Gasteiger partial charge on any atom is -0.366 e. The summed E-state index contributed by atoms with van der Waals surface area (Å²) in [5.41, 5.74) is 3.98. The Morgan fingerprint density at radius 1 is 1.35 bits per heavy atom. The molecule has 1 radical (unpaired) electrons. The molecule has 1 rings (SSSR count). The lowest BCUT2D eigenvalue weighted by atomic mass is 9.97. The van der Waals surface area contributed by atoms with E-state index < -0.39 is 5.85 Å². The van der Waals surface area contributed by atoms with Gasteiger partial charge in [-0.15, -0.1) is 0 Å². The lowest BCUT2D eigenvalue weighted by Gasteiger charge is -2.15. The largest absolute Gasteiger partial charge is 0.366 e. The summed E-state index contributed by atoms with van der Waals surface area (Å²) in [7, 11) is 2.45. The first-order chi connectivity index (χ1) is 7.97. The van der Waals surface area contributed by atoms with Gasteiger partial charge in [-0.2, -0.15) is 0 Å². The Morgan fingerprint density at radius 3 is 2.35 bits per heavy atom. The first-order valence-corrected chi connectivity index (χ1v) is 6.42. The summed E-state index contributed by atoms with van der Waals surface area (Å²) >= 11 is 0. The van der Waals surface area contributed by atoms with E-state index in [2.05, 4.69) is 16.2 Å². The van der Waals surface area contributed by atoms with Gasteiger partial charge in [-0.05, 0) is 38.3 Å². The molecule has 0 fully saturated rings. The van der Waals surface area contributed by atoms with Crippen molar-refractivity contribution in [1.29, 1.82) is 0 Å². The van der Waals surface area contributed by atoms with Crippen LogP contribution in [0, 0.1) is 27.7 Å². The average molecular weight is 251 g/mol. The molecule has 2 atom stereocenters. The smallest absolute Gasteiger partial charge is 0.195 e. The number of benzene rings is 1. The van der Waals surface area contributed by atoms with Crippen LogP contribution in [0.5, 0.6) is 0 Å². The van der Waals surface area contributed by atoms with Crippen molar-refractivity contribution in [2.24, 2.45) is 0 Å². The van der Waals surface area contributed by atoms with Gasteiger partial charge >= 0.3 is 0 Å². The molecular weight excluding hydrogens is 231 g/mol. The van der Waals surface area contributed by atoms with Gasteiger partial charge in [-0.3, -0.25) is 4.79 Å². The molecule has 0 aliphatic heterocycles. The van der Waals surface area contributed by atoms with Crippen molar-refractivity contribution >= 4 is 15.0 Å². The highest BCUT2D eigenvalue weighted by Gasteiger charge is 2.19. The number of ether oxygens (including phenoxy) is 1. The van der Waals surface area contributed by atoms with Crippen LogP contribution in [0.25, 0.3) is 0 Å². The molecule has 3 heteroatoms. The molecule has 0 spiro atoms. The highest BCUT2D eigenvalue weighted by molar-refractivity contribution is 7.19. The predicted molar refractivity (Wildman–Crippen MR) is 74.4 cm³/mol. The van der Waals surface area contributed by atoms with Crippen LogP contribution >= 0.6 is 9.24 Å². The van der Waals surface area contributed by atoms with Crippen LogP contribution in [0.4, 0.5) is 0 Å². The second-order valence-corrected chi connectivity index (χ2v) is 4.89. The maximum absolute atomic E-state index is 12.2. The molecule has 0 aliphatic rings. The monoisotopic (exact) mass is 251 g/mol. The fraction of sp³-hybridized carbons (Fsp3) is 0.429. The third-order valence-electron chi connectivity index (χ3n) is 2.62. The fourth-order valence-corrected chi connectivity index (χ4v) is 2.30. The van der Waals surface area contributed by atoms with E-state index in [-0.39, 0.29) is 5.78 Å². The molecule has 2 nitrogen and oxygen atoms in total. The SMILES string of the molecule is [CH2]CCOC(P)C(=O)c1c(C)cc(C)cc1C. The summed E-state index contributed by atoms with van der Waals surface area (Å²) in [4.78, 5) is 12.2. The van der Waals surface area contributed by atoms with E-state index in [4.69, 9.17) is 4.74 Å². The van der Waals surface area contributed by atoms with Crippen molar-refractivity contribution in [1.82, 2.24) is 0 Å². The third-order valence-corrected chi connectivity index (χ3v) is 3.12. The van der Waals surface area contributed by atoms with Crippen LogP contribution in [0.2, 0.25) is 0 Å². The van der Waals surface area contributed by atoms with E-state index in [0.717, 1.165) is 16.7 Å². The number of hydrogen-bond donors (Lipinski definition) is 0. The summed E-state index contributed by atoms with van der Waals surface area (Å²) in [5, 5.41) is 0. The molecule has 0 saturated carbocycles. The van der Waals surface area contributed by atoms with Crippen molar-refractivity contribution in [3.63, 3.8) is 0 Å². The molecule has 0 bridgehead atoms. The molecule has 0 saturated heterocycles. The highest BCUT2D eigenvalue weighted by atomic mass is 31.0. The van der Waals surface area contributed by atoms with Gasteiger partial charge in [-0.25, -0.2) is 0 Å². The summed E-state index contributed by atoms with van der Waals surface area (Å²) in [6, 6.07) is 4.05. The van der Waals surface area contributed by atoms with Crippen molar-refractivity contribution in [3.8, 4) is 0 Å². The molecule has 0 aliphatic carbocycles. The molecule has 93 valence electrons. The topological polar surface area (TPSA) is 26.3 Å². The number of ketones is 1. The zero-order valence-corrected chi connectivity index (χ0v) is 11.9. The van der Waals surface area contributed by atoms with E-state index in [1.807, 2.05) is 32.9 Å². The van der Waals surface area contributed by atoms with Crippen LogP contribution < -0.4 is 0 Å². The molecule has 2 unspecified atom stereocenters. The van der Waals surface area contributed by atoms with E-state index in [0.29, 0.717) is 13.0 Å². The minimum absolute atomic E-state index is 0.0263. The summed E-state index contributed by atoms with van der Waals surface area (Å²) in [6.07, 6.45) is 0.671. The standard InChI is InChI=1S/C14H20O2P/c1-5-6-16-14(17)13(15)12-10(3)7-9(2)8-11(12)4/h7-8,14H,1,5-6,17H2,2-4H3. The molecular formula is C14H20O2P. The Morgan fingerprint density at radius 2 is 1.88 bits per heavy atom. The lowest BCUT2D eigenvalue weighted by molar-refractivity contribution is 0.0684. The van der Waals surface area contributed by atoms with Crippen molar-refractivity contribution in [2.75, 3.05) is 6.61 Å². The average Bonchev–Trinajstić information content (AvgIpc) is 2.24. The van der Waals surface area contributed by atoms with Crippen LogP contribution in [-0.4, -0.2) is 18.2 Å². The van der Waals surface area contributed by atoms with Gasteiger partial charge in [0.1, 0.15) is 5.85 Å².